The summed E-state index contributed by atoms with van der Waals surface area (Å²) in [5.41, 5.74) is 5.88. The average Bonchev–Trinajstić information content (AvgIpc) is 2.38. The van der Waals surface area contributed by atoms with Crippen LogP contribution in [0.1, 0.15) is 58.8 Å². The third kappa shape index (κ3) is 5.07. The van der Waals surface area contributed by atoms with Crippen molar-refractivity contribution in [1.82, 2.24) is 5.32 Å². The SMILES string of the molecule is CC[C@H](C)[C@H](N)C(=O)NCCC1CCCCC1. The van der Waals surface area contributed by atoms with E-state index in [0.29, 0.717) is 0 Å². The van der Waals surface area contributed by atoms with Crippen molar-refractivity contribution in [2.75, 3.05) is 6.54 Å². The first kappa shape index (κ1) is 14.5. The molecule has 1 rings (SSSR count). The van der Waals surface area contributed by atoms with Crippen LogP contribution in [0.15, 0.2) is 0 Å². The lowest BCUT2D eigenvalue weighted by atomic mass is 9.87. The zero-order valence-corrected chi connectivity index (χ0v) is 11.4. The second-order valence-corrected chi connectivity index (χ2v) is 5.50. The average molecular weight is 240 g/mol. The molecule has 0 saturated heterocycles. The van der Waals surface area contributed by atoms with Gasteiger partial charge in [-0.2, -0.15) is 0 Å². The summed E-state index contributed by atoms with van der Waals surface area (Å²) in [6.07, 6.45) is 8.88. The Morgan fingerprint density at radius 2 is 2.00 bits per heavy atom. The lowest BCUT2D eigenvalue weighted by Gasteiger charge is -2.22. The van der Waals surface area contributed by atoms with Crippen LogP contribution in [0.5, 0.6) is 0 Å². The first-order valence-corrected chi connectivity index (χ1v) is 7.18. The molecule has 0 aliphatic heterocycles. The minimum atomic E-state index is -0.341. The van der Waals surface area contributed by atoms with Gasteiger partial charge < -0.3 is 11.1 Å². The quantitative estimate of drug-likeness (QED) is 0.749. The van der Waals surface area contributed by atoms with Gasteiger partial charge in [0.2, 0.25) is 5.91 Å². The molecule has 3 heteroatoms. The van der Waals surface area contributed by atoms with Gasteiger partial charge >= 0.3 is 0 Å². The van der Waals surface area contributed by atoms with Crippen molar-refractivity contribution in [2.24, 2.45) is 17.6 Å². The monoisotopic (exact) mass is 240 g/mol. The van der Waals surface area contributed by atoms with Crippen LogP contribution in [-0.4, -0.2) is 18.5 Å². The fourth-order valence-corrected chi connectivity index (χ4v) is 2.51. The normalized spacial score (nSPS) is 20.9. The van der Waals surface area contributed by atoms with Crippen LogP contribution in [0.4, 0.5) is 0 Å². The van der Waals surface area contributed by atoms with Crippen LogP contribution in [0.3, 0.4) is 0 Å². The molecule has 0 heterocycles. The Kier molecular flexibility index (Phi) is 6.56. The molecule has 2 atom stereocenters. The Hall–Kier alpha value is -0.570. The summed E-state index contributed by atoms with van der Waals surface area (Å²) < 4.78 is 0. The van der Waals surface area contributed by atoms with Crippen molar-refractivity contribution in [3.8, 4) is 0 Å². The fourth-order valence-electron chi connectivity index (χ4n) is 2.51. The third-order valence-electron chi connectivity index (χ3n) is 4.14. The molecule has 1 aliphatic rings. The van der Waals surface area contributed by atoms with Gasteiger partial charge in [0.25, 0.3) is 0 Å². The van der Waals surface area contributed by atoms with Crippen LogP contribution < -0.4 is 11.1 Å². The van der Waals surface area contributed by atoms with E-state index in [-0.39, 0.29) is 17.9 Å². The number of rotatable bonds is 6. The topological polar surface area (TPSA) is 55.1 Å². The summed E-state index contributed by atoms with van der Waals surface area (Å²) in [5.74, 6) is 1.11. The summed E-state index contributed by atoms with van der Waals surface area (Å²) in [5, 5.41) is 2.98. The van der Waals surface area contributed by atoms with Gasteiger partial charge in [0.1, 0.15) is 0 Å². The van der Waals surface area contributed by atoms with E-state index in [4.69, 9.17) is 5.73 Å². The molecule has 0 aromatic heterocycles. The molecule has 0 radical (unpaired) electrons. The van der Waals surface area contributed by atoms with Crippen LogP contribution >= 0.6 is 0 Å². The van der Waals surface area contributed by atoms with Crippen molar-refractivity contribution in [3.05, 3.63) is 0 Å². The van der Waals surface area contributed by atoms with E-state index in [9.17, 15) is 4.79 Å². The molecular formula is C14H28N2O. The van der Waals surface area contributed by atoms with Crippen LogP contribution in [0.2, 0.25) is 0 Å². The van der Waals surface area contributed by atoms with Gasteiger partial charge in [0.05, 0.1) is 6.04 Å². The standard InChI is InChI=1S/C14H28N2O/c1-3-11(2)13(15)14(17)16-10-9-12-7-5-4-6-8-12/h11-13H,3-10,15H2,1-2H3,(H,16,17)/t11-,13-/m0/s1. The highest BCUT2D eigenvalue weighted by atomic mass is 16.2. The largest absolute Gasteiger partial charge is 0.355 e. The van der Waals surface area contributed by atoms with E-state index in [1.54, 1.807) is 0 Å². The Morgan fingerprint density at radius 1 is 1.35 bits per heavy atom. The maximum atomic E-state index is 11.7. The van der Waals surface area contributed by atoms with E-state index in [0.717, 1.165) is 25.3 Å². The Bertz CT molecular complexity index is 224. The van der Waals surface area contributed by atoms with Gasteiger partial charge in [-0.3, -0.25) is 4.79 Å². The highest BCUT2D eigenvalue weighted by Gasteiger charge is 2.19. The first-order valence-electron chi connectivity index (χ1n) is 7.18. The predicted octanol–water partition coefficient (Wildman–Crippen LogP) is 2.45. The second kappa shape index (κ2) is 7.70. The van der Waals surface area contributed by atoms with Gasteiger partial charge in [-0.05, 0) is 18.3 Å². The zero-order valence-electron chi connectivity index (χ0n) is 11.4. The lowest BCUT2D eigenvalue weighted by Crippen LogP contribution is -2.45. The Morgan fingerprint density at radius 3 is 2.59 bits per heavy atom. The molecule has 3 N–H and O–H groups in total. The first-order chi connectivity index (χ1) is 8.15. The highest BCUT2D eigenvalue weighted by Crippen LogP contribution is 2.25. The van der Waals surface area contributed by atoms with Gasteiger partial charge in [-0.15, -0.1) is 0 Å². The molecular weight excluding hydrogens is 212 g/mol. The maximum absolute atomic E-state index is 11.7. The van der Waals surface area contributed by atoms with Crippen LogP contribution in [0, 0.1) is 11.8 Å². The van der Waals surface area contributed by atoms with E-state index in [1.807, 2.05) is 6.92 Å². The van der Waals surface area contributed by atoms with E-state index < -0.39 is 0 Å². The van der Waals surface area contributed by atoms with Crippen molar-refractivity contribution in [1.29, 1.82) is 0 Å². The van der Waals surface area contributed by atoms with E-state index >= 15 is 0 Å². The fraction of sp³-hybridized carbons (Fsp3) is 0.929. The van der Waals surface area contributed by atoms with Gasteiger partial charge in [-0.25, -0.2) is 0 Å². The molecule has 0 aromatic carbocycles. The summed E-state index contributed by atoms with van der Waals surface area (Å²) in [6.45, 7) is 4.90. The maximum Gasteiger partial charge on any atom is 0.237 e. The lowest BCUT2D eigenvalue weighted by molar-refractivity contribution is -0.123. The second-order valence-electron chi connectivity index (χ2n) is 5.50. The summed E-state index contributed by atoms with van der Waals surface area (Å²) >= 11 is 0. The summed E-state index contributed by atoms with van der Waals surface area (Å²) in [6, 6.07) is -0.341. The molecule has 1 saturated carbocycles. The number of nitrogens with two attached hydrogens (primary N) is 1. The molecule has 3 nitrogen and oxygen atoms in total. The van der Waals surface area contributed by atoms with Crippen molar-refractivity contribution < 1.29 is 4.79 Å². The Balaban J connectivity index is 2.14. The number of carbonyl (C=O) groups excluding carboxylic acids is 1. The zero-order chi connectivity index (χ0) is 12.7. The Labute approximate surface area is 106 Å². The molecule has 17 heavy (non-hydrogen) atoms. The van der Waals surface area contributed by atoms with Gasteiger partial charge in [0, 0.05) is 6.54 Å². The molecule has 1 aliphatic carbocycles. The number of amides is 1. The summed E-state index contributed by atoms with van der Waals surface area (Å²) in [7, 11) is 0. The third-order valence-corrected chi connectivity index (χ3v) is 4.14. The van der Waals surface area contributed by atoms with E-state index in [2.05, 4.69) is 12.2 Å². The molecule has 1 amide bonds. The highest BCUT2D eigenvalue weighted by molar-refractivity contribution is 5.81. The number of hydrogen-bond donors (Lipinski definition) is 2. The number of hydrogen-bond acceptors (Lipinski definition) is 2. The van der Waals surface area contributed by atoms with Crippen molar-refractivity contribution in [3.63, 3.8) is 0 Å². The van der Waals surface area contributed by atoms with Crippen LogP contribution in [-0.2, 0) is 4.79 Å². The molecule has 100 valence electrons. The van der Waals surface area contributed by atoms with E-state index in [1.165, 1.54) is 32.1 Å². The van der Waals surface area contributed by atoms with Crippen molar-refractivity contribution in [2.45, 2.75) is 64.8 Å². The van der Waals surface area contributed by atoms with Gasteiger partial charge in [0.15, 0.2) is 0 Å². The number of nitrogens with one attached hydrogen (secondary N) is 1. The van der Waals surface area contributed by atoms with Gasteiger partial charge in [-0.1, -0.05) is 52.4 Å². The molecule has 0 unspecified atom stereocenters. The smallest absolute Gasteiger partial charge is 0.237 e. The molecule has 0 aromatic rings. The van der Waals surface area contributed by atoms with Crippen molar-refractivity contribution >= 4 is 5.91 Å². The molecule has 0 spiro atoms. The molecule has 0 bridgehead atoms. The summed E-state index contributed by atoms with van der Waals surface area (Å²) in [4.78, 5) is 11.7. The minimum Gasteiger partial charge on any atom is -0.355 e. The van der Waals surface area contributed by atoms with Crippen LogP contribution in [0.25, 0.3) is 0 Å². The number of carbonyl (C=O) groups is 1. The molecule has 1 fully saturated rings. The minimum absolute atomic E-state index is 0.0233. The predicted molar refractivity (Wildman–Crippen MR) is 71.6 cm³/mol.